The van der Waals surface area contributed by atoms with E-state index in [0.29, 0.717) is 6.42 Å². The summed E-state index contributed by atoms with van der Waals surface area (Å²) in [5.41, 5.74) is 4.91. The number of hydrogen-bond acceptors (Lipinski definition) is 3. The van der Waals surface area contributed by atoms with Crippen LogP contribution in [0.5, 0.6) is 0 Å². The molecule has 0 saturated heterocycles. The Bertz CT molecular complexity index is 340. The van der Waals surface area contributed by atoms with Gasteiger partial charge >= 0.3 is 5.97 Å². The van der Waals surface area contributed by atoms with Gasteiger partial charge in [-0.15, -0.1) is 0 Å². The van der Waals surface area contributed by atoms with E-state index >= 15 is 0 Å². The van der Waals surface area contributed by atoms with Crippen LogP contribution in [0.3, 0.4) is 0 Å². The Morgan fingerprint density at radius 2 is 1.81 bits per heavy atom. The van der Waals surface area contributed by atoms with E-state index in [0.717, 1.165) is 18.8 Å². The fourth-order valence-electron chi connectivity index (χ4n) is 3.06. The molecule has 0 aromatic carbocycles. The minimum atomic E-state index is -0.513. The zero-order valence-corrected chi connectivity index (χ0v) is 13.8. The van der Waals surface area contributed by atoms with Crippen molar-refractivity contribution in [3.8, 4) is 0 Å². The molecule has 122 valence electrons. The van der Waals surface area contributed by atoms with Gasteiger partial charge in [-0.05, 0) is 33.1 Å². The Morgan fingerprint density at radius 1 is 1.19 bits per heavy atom. The van der Waals surface area contributed by atoms with Crippen molar-refractivity contribution in [3.63, 3.8) is 0 Å². The van der Waals surface area contributed by atoms with Crippen LogP contribution in [0, 0.1) is 11.8 Å². The highest BCUT2D eigenvalue weighted by atomic mass is 16.6. The Labute approximate surface area is 128 Å². The molecule has 1 amide bonds. The van der Waals surface area contributed by atoms with Gasteiger partial charge in [-0.1, -0.05) is 44.9 Å². The molecule has 1 fully saturated rings. The summed E-state index contributed by atoms with van der Waals surface area (Å²) in [7, 11) is 0. The quantitative estimate of drug-likeness (QED) is 0.730. The molecule has 0 heterocycles. The summed E-state index contributed by atoms with van der Waals surface area (Å²) in [5, 5.41) is 0. The molecule has 0 aromatic heterocycles. The summed E-state index contributed by atoms with van der Waals surface area (Å²) >= 11 is 0. The van der Waals surface area contributed by atoms with Crippen LogP contribution in [-0.4, -0.2) is 17.5 Å². The standard InChI is InChI=1S/C17H31NO3/c1-17(2,3)21-15(19)12-14(16(18)20)11-7-10-13-8-5-4-6-9-13/h13-14H,4-12H2,1-3H3,(H2,18,20). The molecular formula is C17H31NO3. The van der Waals surface area contributed by atoms with Gasteiger partial charge in [0.15, 0.2) is 0 Å². The monoisotopic (exact) mass is 297 g/mol. The van der Waals surface area contributed by atoms with Gasteiger partial charge < -0.3 is 10.5 Å². The average molecular weight is 297 g/mol. The number of hydrogen-bond donors (Lipinski definition) is 1. The molecule has 1 atom stereocenters. The third-order valence-electron chi connectivity index (χ3n) is 4.13. The van der Waals surface area contributed by atoms with Crippen molar-refractivity contribution in [3.05, 3.63) is 0 Å². The maximum absolute atomic E-state index is 11.8. The topological polar surface area (TPSA) is 69.4 Å². The second-order valence-corrected chi connectivity index (χ2v) is 7.32. The molecule has 4 nitrogen and oxygen atoms in total. The van der Waals surface area contributed by atoms with Gasteiger partial charge in [0.05, 0.1) is 6.42 Å². The number of rotatable bonds is 7. The van der Waals surface area contributed by atoms with Gasteiger partial charge in [0.2, 0.25) is 5.91 Å². The Hall–Kier alpha value is -1.06. The van der Waals surface area contributed by atoms with Gasteiger partial charge in [0.25, 0.3) is 0 Å². The molecule has 1 saturated carbocycles. The number of esters is 1. The second-order valence-electron chi connectivity index (χ2n) is 7.32. The summed E-state index contributed by atoms with van der Waals surface area (Å²) in [4.78, 5) is 23.3. The van der Waals surface area contributed by atoms with E-state index in [1.54, 1.807) is 0 Å². The first kappa shape index (κ1) is 18.0. The van der Waals surface area contributed by atoms with Crippen molar-refractivity contribution in [2.24, 2.45) is 17.6 Å². The third-order valence-corrected chi connectivity index (χ3v) is 4.13. The van der Waals surface area contributed by atoms with E-state index in [1.807, 2.05) is 20.8 Å². The SMILES string of the molecule is CC(C)(C)OC(=O)CC(CCCC1CCCCC1)C(N)=O. The summed E-state index contributed by atoms with van der Waals surface area (Å²) in [5.74, 6) is -0.300. The van der Waals surface area contributed by atoms with Crippen molar-refractivity contribution in [1.29, 1.82) is 0 Å². The van der Waals surface area contributed by atoms with E-state index in [2.05, 4.69) is 0 Å². The Balaban J connectivity index is 2.32. The Kier molecular flexibility index (Phi) is 7.20. The van der Waals surface area contributed by atoms with Crippen LogP contribution in [0.4, 0.5) is 0 Å². The summed E-state index contributed by atoms with van der Waals surface area (Å²) in [6.07, 6.45) is 9.59. The lowest BCUT2D eigenvalue weighted by molar-refractivity contribution is -0.157. The van der Waals surface area contributed by atoms with Crippen LogP contribution in [0.25, 0.3) is 0 Å². The minimum absolute atomic E-state index is 0.108. The van der Waals surface area contributed by atoms with E-state index < -0.39 is 5.60 Å². The van der Waals surface area contributed by atoms with Crippen molar-refractivity contribution in [2.75, 3.05) is 0 Å². The molecule has 1 rings (SSSR count). The van der Waals surface area contributed by atoms with Gasteiger partial charge in [0, 0.05) is 5.92 Å². The molecule has 1 aliphatic carbocycles. The minimum Gasteiger partial charge on any atom is -0.460 e. The molecule has 1 aliphatic rings. The lowest BCUT2D eigenvalue weighted by atomic mass is 9.84. The fourth-order valence-corrected chi connectivity index (χ4v) is 3.06. The predicted molar refractivity (Wildman–Crippen MR) is 83.6 cm³/mol. The number of carbonyl (C=O) groups excluding carboxylic acids is 2. The van der Waals surface area contributed by atoms with Crippen molar-refractivity contribution >= 4 is 11.9 Å². The normalized spacial score (nSPS) is 18.2. The first-order chi connectivity index (χ1) is 9.78. The highest BCUT2D eigenvalue weighted by molar-refractivity contribution is 5.82. The van der Waals surface area contributed by atoms with Gasteiger partial charge in [-0.2, -0.15) is 0 Å². The van der Waals surface area contributed by atoms with Gasteiger partial charge in [-0.3, -0.25) is 9.59 Å². The highest BCUT2D eigenvalue weighted by Gasteiger charge is 2.24. The second kappa shape index (κ2) is 8.40. The fraction of sp³-hybridized carbons (Fsp3) is 0.882. The number of ether oxygens (including phenoxy) is 1. The van der Waals surface area contributed by atoms with Crippen LogP contribution in [0.2, 0.25) is 0 Å². The summed E-state index contributed by atoms with van der Waals surface area (Å²) < 4.78 is 5.27. The molecule has 4 heteroatoms. The predicted octanol–water partition coefficient (Wildman–Crippen LogP) is 3.57. The van der Waals surface area contributed by atoms with E-state index in [-0.39, 0.29) is 24.2 Å². The number of nitrogens with two attached hydrogens (primary N) is 1. The van der Waals surface area contributed by atoms with Crippen molar-refractivity contribution < 1.29 is 14.3 Å². The first-order valence-electron chi connectivity index (χ1n) is 8.29. The molecule has 0 aliphatic heterocycles. The highest BCUT2D eigenvalue weighted by Crippen LogP contribution is 2.28. The number of amides is 1. The van der Waals surface area contributed by atoms with E-state index in [1.165, 1.54) is 32.1 Å². The first-order valence-corrected chi connectivity index (χ1v) is 8.29. The lowest BCUT2D eigenvalue weighted by Crippen LogP contribution is -2.30. The van der Waals surface area contributed by atoms with Crippen LogP contribution in [0.1, 0.15) is 78.6 Å². The van der Waals surface area contributed by atoms with Crippen LogP contribution in [-0.2, 0) is 14.3 Å². The Morgan fingerprint density at radius 3 is 2.33 bits per heavy atom. The molecular weight excluding hydrogens is 266 g/mol. The molecule has 0 spiro atoms. The zero-order valence-electron chi connectivity index (χ0n) is 13.8. The van der Waals surface area contributed by atoms with Crippen LogP contribution < -0.4 is 5.73 Å². The van der Waals surface area contributed by atoms with Crippen LogP contribution >= 0.6 is 0 Å². The maximum Gasteiger partial charge on any atom is 0.307 e. The molecule has 0 bridgehead atoms. The number of carbonyl (C=O) groups is 2. The van der Waals surface area contributed by atoms with Crippen LogP contribution in [0.15, 0.2) is 0 Å². The zero-order chi connectivity index (χ0) is 15.9. The van der Waals surface area contributed by atoms with Gasteiger partial charge in [-0.25, -0.2) is 0 Å². The van der Waals surface area contributed by atoms with Gasteiger partial charge in [0.1, 0.15) is 5.60 Å². The average Bonchev–Trinajstić information content (AvgIpc) is 2.36. The summed E-state index contributed by atoms with van der Waals surface area (Å²) in [6, 6.07) is 0. The lowest BCUT2D eigenvalue weighted by Gasteiger charge is -2.23. The van der Waals surface area contributed by atoms with Crippen molar-refractivity contribution in [1.82, 2.24) is 0 Å². The molecule has 0 aromatic rings. The molecule has 0 radical (unpaired) electrons. The molecule has 1 unspecified atom stereocenters. The smallest absolute Gasteiger partial charge is 0.307 e. The van der Waals surface area contributed by atoms with E-state index in [4.69, 9.17) is 10.5 Å². The number of primary amides is 1. The maximum atomic E-state index is 11.8. The largest absolute Gasteiger partial charge is 0.460 e. The van der Waals surface area contributed by atoms with Crippen molar-refractivity contribution in [2.45, 2.75) is 84.2 Å². The molecule has 21 heavy (non-hydrogen) atoms. The third kappa shape index (κ3) is 8.08. The van der Waals surface area contributed by atoms with E-state index in [9.17, 15) is 9.59 Å². The molecule has 2 N–H and O–H groups in total. The summed E-state index contributed by atoms with van der Waals surface area (Å²) in [6.45, 7) is 5.48.